The Morgan fingerprint density at radius 3 is 2.93 bits per heavy atom. The van der Waals surface area contributed by atoms with Crippen molar-refractivity contribution in [2.75, 3.05) is 0 Å². The zero-order chi connectivity index (χ0) is 10.3. The molecule has 0 saturated carbocycles. The maximum atomic E-state index is 2.28. The first kappa shape index (κ1) is 8.72. The van der Waals surface area contributed by atoms with Crippen LogP contribution in [-0.4, -0.2) is 0 Å². The molecule has 0 heterocycles. The lowest BCUT2D eigenvalue weighted by atomic mass is 9.92. The maximum absolute atomic E-state index is 2.28. The molecule has 0 nitrogen and oxygen atoms in total. The van der Waals surface area contributed by atoms with E-state index in [4.69, 9.17) is 0 Å². The molecule has 0 aliphatic heterocycles. The van der Waals surface area contributed by atoms with Crippen LogP contribution in [-0.2, 0) is 6.42 Å². The molecule has 2 aromatic rings. The van der Waals surface area contributed by atoms with Gasteiger partial charge >= 0.3 is 0 Å². The van der Waals surface area contributed by atoms with Crippen LogP contribution in [0.3, 0.4) is 0 Å². The predicted octanol–water partition coefficient (Wildman–Crippen LogP) is 4.11. The van der Waals surface area contributed by atoms with Gasteiger partial charge in [-0.1, -0.05) is 48.0 Å². The standard InChI is InChI=1S/C15H14/c1-11-6-9-15-13(10-11)8-7-12-4-2-3-5-14(12)15/h3,5-10H,2,4H2,1H3. The van der Waals surface area contributed by atoms with Crippen molar-refractivity contribution in [3.63, 3.8) is 0 Å². The second-order valence-electron chi connectivity index (χ2n) is 4.30. The minimum atomic E-state index is 1.18. The molecule has 0 fully saturated rings. The van der Waals surface area contributed by atoms with Crippen molar-refractivity contribution in [3.05, 3.63) is 53.1 Å². The van der Waals surface area contributed by atoms with E-state index >= 15 is 0 Å². The Labute approximate surface area is 90.2 Å². The average molecular weight is 194 g/mol. The topological polar surface area (TPSA) is 0 Å². The second kappa shape index (κ2) is 3.23. The monoisotopic (exact) mass is 194 g/mol. The van der Waals surface area contributed by atoms with E-state index in [1.165, 1.54) is 40.3 Å². The van der Waals surface area contributed by atoms with Gasteiger partial charge in [0.15, 0.2) is 0 Å². The lowest BCUT2D eigenvalue weighted by Crippen LogP contribution is -1.94. The third-order valence-corrected chi connectivity index (χ3v) is 3.17. The fraction of sp³-hybridized carbons (Fsp3) is 0.200. The van der Waals surface area contributed by atoms with Crippen molar-refractivity contribution in [3.8, 4) is 0 Å². The van der Waals surface area contributed by atoms with Crippen LogP contribution in [0, 0.1) is 6.92 Å². The molecule has 1 aliphatic rings. The Morgan fingerprint density at radius 2 is 2.00 bits per heavy atom. The lowest BCUT2D eigenvalue weighted by molar-refractivity contribution is 0.990. The molecule has 0 aromatic heterocycles. The van der Waals surface area contributed by atoms with Gasteiger partial charge in [0.25, 0.3) is 0 Å². The number of benzene rings is 2. The Morgan fingerprint density at radius 1 is 1.07 bits per heavy atom. The Hall–Kier alpha value is -1.56. The zero-order valence-corrected chi connectivity index (χ0v) is 8.96. The van der Waals surface area contributed by atoms with Crippen molar-refractivity contribution in [2.24, 2.45) is 0 Å². The maximum Gasteiger partial charge on any atom is -0.0109 e. The number of rotatable bonds is 0. The Balaban J connectivity index is 2.38. The highest BCUT2D eigenvalue weighted by molar-refractivity contribution is 5.92. The summed E-state index contributed by atoms with van der Waals surface area (Å²) in [6, 6.07) is 11.2. The molecule has 0 unspecified atom stereocenters. The van der Waals surface area contributed by atoms with Crippen LogP contribution in [0.2, 0.25) is 0 Å². The van der Waals surface area contributed by atoms with E-state index in [9.17, 15) is 0 Å². The molecule has 0 spiro atoms. The number of allylic oxidation sites excluding steroid dienone is 1. The molecule has 0 N–H and O–H groups in total. The molecule has 0 atom stereocenters. The molecule has 0 radical (unpaired) electrons. The summed E-state index contributed by atoms with van der Waals surface area (Å²) in [4.78, 5) is 0. The Bertz CT molecular complexity index is 547. The van der Waals surface area contributed by atoms with Crippen molar-refractivity contribution >= 4 is 16.8 Å². The number of hydrogen-bond acceptors (Lipinski definition) is 0. The van der Waals surface area contributed by atoms with E-state index in [1.807, 2.05) is 0 Å². The van der Waals surface area contributed by atoms with Crippen LogP contribution in [0.5, 0.6) is 0 Å². The van der Waals surface area contributed by atoms with Crippen molar-refractivity contribution in [2.45, 2.75) is 19.8 Å². The molecule has 0 heteroatoms. The number of fused-ring (bicyclic) bond motifs is 3. The van der Waals surface area contributed by atoms with E-state index in [2.05, 4.69) is 49.4 Å². The second-order valence-corrected chi connectivity index (χ2v) is 4.30. The molecule has 0 bridgehead atoms. The SMILES string of the molecule is Cc1ccc2c3c(ccc2c1)CCC=C3. The molecule has 0 saturated heterocycles. The molecule has 1 aliphatic carbocycles. The van der Waals surface area contributed by atoms with Crippen molar-refractivity contribution in [1.29, 1.82) is 0 Å². The van der Waals surface area contributed by atoms with Crippen LogP contribution in [0.1, 0.15) is 23.1 Å². The highest BCUT2D eigenvalue weighted by atomic mass is 14.1. The third kappa shape index (κ3) is 1.37. The summed E-state index contributed by atoms with van der Waals surface area (Å²) < 4.78 is 0. The van der Waals surface area contributed by atoms with E-state index in [0.717, 1.165) is 0 Å². The van der Waals surface area contributed by atoms with E-state index in [1.54, 1.807) is 0 Å². The van der Waals surface area contributed by atoms with Gasteiger partial charge < -0.3 is 0 Å². The average Bonchev–Trinajstić information content (AvgIpc) is 2.28. The highest BCUT2D eigenvalue weighted by Crippen LogP contribution is 2.28. The molecule has 2 aromatic carbocycles. The van der Waals surface area contributed by atoms with Gasteiger partial charge in [0, 0.05) is 0 Å². The first-order chi connectivity index (χ1) is 7.34. The molecule has 74 valence electrons. The molecular weight excluding hydrogens is 180 g/mol. The van der Waals surface area contributed by atoms with Gasteiger partial charge in [-0.15, -0.1) is 0 Å². The summed E-state index contributed by atoms with van der Waals surface area (Å²) in [5, 5.41) is 2.76. The summed E-state index contributed by atoms with van der Waals surface area (Å²) in [7, 11) is 0. The normalized spacial score (nSPS) is 14.2. The largest absolute Gasteiger partial charge is 0.0836 e. The summed E-state index contributed by atoms with van der Waals surface area (Å²) in [6.45, 7) is 2.15. The van der Waals surface area contributed by atoms with Gasteiger partial charge in [-0.25, -0.2) is 0 Å². The minimum Gasteiger partial charge on any atom is -0.0836 e. The van der Waals surface area contributed by atoms with Gasteiger partial charge in [0.05, 0.1) is 0 Å². The van der Waals surface area contributed by atoms with Gasteiger partial charge in [0.2, 0.25) is 0 Å². The predicted molar refractivity (Wildman–Crippen MR) is 66.0 cm³/mol. The van der Waals surface area contributed by atoms with Gasteiger partial charge in [0.1, 0.15) is 0 Å². The van der Waals surface area contributed by atoms with E-state index < -0.39 is 0 Å². The van der Waals surface area contributed by atoms with Crippen LogP contribution in [0.4, 0.5) is 0 Å². The van der Waals surface area contributed by atoms with Crippen LogP contribution >= 0.6 is 0 Å². The first-order valence-electron chi connectivity index (χ1n) is 5.53. The first-order valence-corrected chi connectivity index (χ1v) is 5.53. The van der Waals surface area contributed by atoms with Crippen molar-refractivity contribution in [1.82, 2.24) is 0 Å². The summed E-state index contributed by atoms with van der Waals surface area (Å²) in [5.41, 5.74) is 4.26. The summed E-state index contributed by atoms with van der Waals surface area (Å²) in [5.74, 6) is 0. The van der Waals surface area contributed by atoms with Gasteiger partial charge in [-0.2, -0.15) is 0 Å². The quantitative estimate of drug-likeness (QED) is 0.592. The number of hydrogen-bond donors (Lipinski definition) is 0. The van der Waals surface area contributed by atoms with Gasteiger partial charge in [-0.3, -0.25) is 0 Å². The highest BCUT2D eigenvalue weighted by Gasteiger charge is 2.07. The van der Waals surface area contributed by atoms with Crippen LogP contribution in [0.15, 0.2) is 36.4 Å². The fourth-order valence-corrected chi connectivity index (χ4v) is 2.37. The van der Waals surface area contributed by atoms with Crippen molar-refractivity contribution < 1.29 is 0 Å². The molecule has 3 rings (SSSR count). The summed E-state index contributed by atoms with van der Waals surface area (Å²) in [6.07, 6.45) is 6.93. The minimum absolute atomic E-state index is 1.18. The molecule has 0 amide bonds. The zero-order valence-electron chi connectivity index (χ0n) is 8.96. The van der Waals surface area contributed by atoms with Crippen LogP contribution in [0.25, 0.3) is 16.8 Å². The molecular formula is C15H14. The fourth-order valence-electron chi connectivity index (χ4n) is 2.37. The Kier molecular flexibility index (Phi) is 1.88. The molecule has 15 heavy (non-hydrogen) atoms. The van der Waals surface area contributed by atoms with E-state index in [-0.39, 0.29) is 0 Å². The smallest absolute Gasteiger partial charge is 0.0109 e. The van der Waals surface area contributed by atoms with Gasteiger partial charge in [-0.05, 0) is 41.7 Å². The lowest BCUT2D eigenvalue weighted by Gasteiger charge is -2.13. The van der Waals surface area contributed by atoms with E-state index in [0.29, 0.717) is 0 Å². The summed E-state index contributed by atoms with van der Waals surface area (Å²) >= 11 is 0. The third-order valence-electron chi connectivity index (χ3n) is 3.17. The number of aryl methyl sites for hydroxylation is 2. The van der Waals surface area contributed by atoms with Crippen LogP contribution < -0.4 is 0 Å².